The summed E-state index contributed by atoms with van der Waals surface area (Å²) in [7, 11) is 2.11. The number of likely N-dealkylation sites (tertiary alicyclic amines) is 2. The number of pyridine rings is 1. The number of aromatic nitrogens is 3. The number of piperazine rings is 1. The van der Waals surface area contributed by atoms with Crippen molar-refractivity contribution >= 4 is 17.5 Å². The molecule has 0 bridgehead atoms. The SMILES string of the molecule is CN1CC2[C@@H]1CN2C(=O)Cn1cnc(-c2ccc(Cl)cc2)c1-c1ccncc1. The summed E-state index contributed by atoms with van der Waals surface area (Å²) in [6.45, 7) is 2.07. The molecule has 4 heterocycles. The fourth-order valence-electron chi connectivity index (χ4n) is 4.13. The van der Waals surface area contributed by atoms with Gasteiger partial charge in [0, 0.05) is 47.7 Å². The predicted molar refractivity (Wildman–Crippen MR) is 108 cm³/mol. The van der Waals surface area contributed by atoms with Gasteiger partial charge in [0.2, 0.25) is 5.91 Å². The molecule has 7 heteroatoms. The zero-order valence-corrected chi connectivity index (χ0v) is 16.3. The van der Waals surface area contributed by atoms with Crippen LogP contribution in [0.4, 0.5) is 0 Å². The molecular formula is C21H20ClN5O. The van der Waals surface area contributed by atoms with Crippen LogP contribution in [0.25, 0.3) is 22.5 Å². The molecular weight excluding hydrogens is 374 g/mol. The molecule has 1 amide bonds. The number of imidazole rings is 1. The minimum absolute atomic E-state index is 0.143. The third-order valence-corrected chi connectivity index (χ3v) is 6.06. The zero-order valence-electron chi connectivity index (χ0n) is 15.5. The fraction of sp³-hybridized carbons (Fsp3) is 0.286. The molecule has 0 radical (unpaired) electrons. The number of nitrogens with zero attached hydrogens (tertiary/aromatic N) is 5. The number of rotatable bonds is 4. The van der Waals surface area contributed by atoms with E-state index in [0.717, 1.165) is 35.6 Å². The van der Waals surface area contributed by atoms with Gasteiger partial charge in [-0.05, 0) is 31.3 Å². The molecule has 2 fully saturated rings. The van der Waals surface area contributed by atoms with E-state index in [1.54, 1.807) is 18.7 Å². The van der Waals surface area contributed by atoms with E-state index in [9.17, 15) is 4.79 Å². The molecule has 28 heavy (non-hydrogen) atoms. The Bertz CT molecular complexity index is 1020. The van der Waals surface area contributed by atoms with Crippen LogP contribution in [0.15, 0.2) is 55.1 Å². The van der Waals surface area contributed by atoms with Gasteiger partial charge in [-0.3, -0.25) is 14.7 Å². The van der Waals surface area contributed by atoms with Crippen LogP contribution in [-0.2, 0) is 11.3 Å². The Balaban J connectivity index is 1.48. The fourth-order valence-corrected chi connectivity index (χ4v) is 4.26. The van der Waals surface area contributed by atoms with E-state index >= 15 is 0 Å². The second-order valence-corrected chi connectivity index (χ2v) is 7.87. The molecule has 2 aliphatic heterocycles. The molecule has 0 N–H and O–H groups in total. The topological polar surface area (TPSA) is 54.3 Å². The quantitative estimate of drug-likeness (QED) is 0.684. The van der Waals surface area contributed by atoms with Crippen molar-refractivity contribution in [3.05, 3.63) is 60.1 Å². The lowest BCUT2D eigenvalue weighted by atomic mass is 9.86. The molecule has 2 atom stereocenters. The van der Waals surface area contributed by atoms with Crippen LogP contribution < -0.4 is 0 Å². The highest BCUT2D eigenvalue weighted by Crippen LogP contribution is 2.34. The summed E-state index contributed by atoms with van der Waals surface area (Å²) in [6.07, 6.45) is 5.26. The summed E-state index contributed by atoms with van der Waals surface area (Å²) in [5, 5.41) is 0.682. The molecule has 0 saturated carbocycles. The van der Waals surface area contributed by atoms with E-state index in [-0.39, 0.29) is 12.5 Å². The van der Waals surface area contributed by atoms with E-state index < -0.39 is 0 Å². The average Bonchev–Trinajstić information content (AvgIpc) is 3.10. The van der Waals surface area contributed by atoms with Crippen LogP contribution in [0.3, 0.4) is 0 Å². The number of hydrogen-bond acceptors (Lipinski definition) is 4. The highest BCUT2D eigenvalue weighted by Gasteiger charge is 2.51. The van der Waals surface area contributed by atoms with Crippen molar-refractivity contribution in [3.63, 3.8) is 0 Å². The van der Waals surface area contributed by atoms with Gasteiger partial charge in [-0.25, -0.2) is 4.98 Å². The molecule has 3 aromatic rings. The van der Waals surface area contributed by atoms with Gasteiger partial charge in [-0.1, -0.05) is 23.7 Å². The van der Waals surface area contributed by atoms with Gasteiger partial charge in [-0.15, -0.1) is 0 Å². The molecule has 0 aliphatic carbocycles. The lowest BCUT2D eigenvalue weighted by molar-refractivity contribution is -0.162. The Labute approximate surface area is 168 Å². The van der Waals surface area contributed by atoms with Crippen molar-refractivity contribution in [3.8, 4) is 22.5 Å². The van der Waals surface area contributed by atoms with Crippen molar-refractivity contribution < 1.29 is 4.79 Å². The van der Waals surface area contributed by atoms with Gasteiger partial charge in [0.15, 0.2) is 0 Å². The van der Waals surface area contributed by atoms with E-state index in [1.807, 2.05) is 45.9 Å². The smallest absolute Gasteiger partial charge is 0.242 e. The summed E-state index contributed by atoms with van der Waals surface area (Å²) in [5.41, 5.74) is 3.70. The normalized spacial score (nSPS) is 21.0. The predicted octanol–water partition coefficient (Wildman–Crippen LogP) is 2.79. The standard InChI is InChI=1S/C21H20ClN5O/c1-25-10-18-17(25)11-27(18)19(28)12-26-13-24-20(14-2-4-16(22)5-3-14)21(26)15-6-8-23-9-7-15/h2-9,13,17-18H,10-12H2,1H3/t17-,18?/m0/s1. The third kappa shape index (κ3) is 2.80. The minimum atomic E-state index is 0.143. The molecule has 2 aliphatic rings. The highest BCUT2D eigenvalue weighted by atomic mass is 35.5. The van der Waals surface area contributed by atoms with Crippen molar-refractivity contribution in [2.75, 3.05) is 20.1 Å². The summed E-state index contributed by atoms with van der Waals surface area (Å²) in [5.74, 6) is 0.143. The van der Waals surface area contributed by atoms with Crippen molar-refractivity contribution in [1.29, 1.82) is 0 Å². The number of amides is 1. The molecule has 2 aromatic heterocycles. The Morgan fingerprint density at radius 3 is 2.46 bits per heavy atom. The first-order valence-electron chi connectivity index (χ1n) is 9.33. The zero-order chi connectivity index (χ0) is 19.3. The summed E-state index contributed by atoms with van der Waals surface area (Å²) in [4.78, 5) is 25.9. The lowest BCUT2D eigenvalue weighted by Crippen LogP contribution is -2.78. The first-order valence-corrected chi connectivity index (χ1v) is 9.71. The number of benzene rings is 1. The van der Waals surface area contributed by atoms with Gasteiger partial charge >= 0.3 is 0 Å². The van der Waals surface area contributed by atoms with Gasteiger partial charge in [0.1, 0.15) is 6.54 Å². The second-order valence-electron chi connectivity index (χ2n) is 7.43. The van der Waals surface area contributed by atoms with Crippen LogP contribution in [0.5, 0.6) is 0 Å². The third-order valence-electron chi connectivity index (χ3n) is 5.80. The molecule has 6 nitrogen and oxygen atoms in total. The molecule has 5 rings (SSSR count). The molecule has 142 valence electrons. The highest BCUT2D eigenvalue weighted by molar-refractivity contribution is 6.30. The second kappa shape index (κ2) is 6.72. The van der Waals surface area contributed by atoms with Gasteiger partial charge in [-0.2, -0.15) is 0 Å². The minimum Gasteiger partial charge on any atom is -0.334 e. The number of halogens is 1. The number of carbonyl (C=O) groups is 1. The molecule has 1 aromatic carbocycles. The molecule has 2 saturated heterocycles. The summed E-state index contributed by atoms with van der Waals surface area (Å²) < 4.78 is 1.94. The number of likely N-dealkylation sites (N-methyl/N-ethyl adjacent to an activating group) is 1. The average molecular weight is 394 g/mol. The summed E-state index contributed by atoms with van der Waals surface area (Å²) >= 11 is 6.04. The Morgan fingerprint density at radius 2 is 1.82 bits per heavy atom. The van der Waals surface area contributed by atoms with Crippen LogP contribution in [-0.4, -0.2) is 62.5 Å². The Hall–Kier alpha value is -2.70. The first-order chi connectivity index (χ1) is 13.6. The molecule has 1 unspecified atom stereocenters. The van der Waals surface area contributed by atoms with Crippen LogP contribution in [0.1, 0.15) is 0 Å². The Morgan fingerprint density at radius 1 is 1.07 bits per heavy atom. The van der Waals surface area contributed by atoms with Gasteiger partial charge in [0.05, 0.1) is 23.8 Å². The number of hydrogen-bond donors (Lipinski definition) is 0. The first kappa shape index (κ1) is 17.4. The van der Waals surface area contributed by atoms with Crippen LogP contribution in [0.2, 0.25) is 5.02 Å². The van der Waals surface area contributed by atoms with E-state index in [1.165, 1.54) is 0 Å². The van der Waals surface area contributed by atoms with Crippen LogP contribution in [0, 0.1) is 0 Å². The van der Waals surface area contributed by atoms with Crippen LogP contribution >= 0.6 is 11.6 Å². The van der Waals surface area contributed by atoms with E-state index in [2.05, 4.69) is 21.9 Å². The maximum atomic E-state index is 12.9. The number of carbonyl (C=O) groups excluding carboxylic acids is 1. The maximum absolute atomic E-state index is 12.9. The van der Waals surface area contributed by atoms with Crippen molar-refractivity contribution in [1.82, 2.24) is 24.3 Å². The van der Waals surface area contributed by atoms with E-state index in [0.29, 0.717) is 17.1 Å². The van der Waals surface area contributed by atoms with Gasteiger partial charge < -0.3 is 9.47 Å². The summed E-state index contributed by atoms with van der Waals surface area (Å²) in [6, 6.07) is 12.4. The monoisotopic (exact) mass is 393 g/mol. The molecule has 0 spiro atoms. The van der Waals surface area contributed by atoms with Crippen molar-refractivity contribution in [2.24, 2.45) is 0 Å². The number of fused-ring (bicyclic) bond motifs is 1. The lowest BCUT2D eigenvalue weighted by Gasteiger charge is -2.60. The maximum Gasteiger partial charge on any atom is 0.242 e. The largest absolute Gasteiger partial charge is 0.334 e. The van der Waals surface area contributed by atoms with Gasteiger partial charge in [0.25, 0.3) is 0 Å². The van der Waals surface area contributed by atoms with Crippen molar-refractivity contribution in [2.45, 2.75) is 18.6 Å². The van der Waals surface area contributed by atoms with E-state index in [4.69, 9.17) is 11.6 Å². The Kier molecular flexibility index (Phi) is 4.18.